The van der Waals surface area contributed by atoms with Gasteiger partial charge in [0.1, 0.15) is 5.60 Å². The highest BCUT2D eigenvalue weighted by molar-refractivity contribution is 6.31. The summed E-state index contributed by atoms with van der Waals surface area (Å²) in [5, 5.41) is 4.34. The average Bonchev–Trinajstić information content (AvgIpc) is 2.76. The molecular weight excluding hydrogens is 290 g/mol. The Kier molecular flexibility index (Phi) is 4.44. The molecule has 6 heteroatoms. The van der Waals surface area contributed by atoms with E-state index in [-0.39, 0.29) is 6.04 Å². The first-order chi connectivity index (χ1) is 9.76. The fraction of sp³-hybridized carbons (Fsp3) is 0.400. The maximum atomic E-state index is 11.6. The van der Waals surface area contributed by atoms with Crippen LogP contribution in [0, 0.1) is 0 Å². The number of alkyl carbamates (subject to hydrolysis) is 1. The van der Waals surface area contributed by atoms with Crippen molar-refractivity contribution in [3.8, 4) is 0 Å². The number of rotatable bonds is 3. The zero-order valence-corrected chi connectivity index (χ0v) is 13.1. The Labute approximate surface area is 128 Å². The van der Waals surface area contributed by atoms with Gasteiger partial charge in [0.05, 0.1) is 0 Å². The maximum Gasteiger partial charge on any atom is 0.407 e. The summed E-state index contributed by atoms with van der Waals surface area (Å²) in [6.45, 7) is 5.74. The molecular formula is C15H20ClN3O2. The molecule has 21 heavy (non-hydrogen) atoms. The number of H-pyrrole nitrogens is 1. The Bertz CT molecular complexity index is 646. The number of carbonyl (C=O) groups is 1. The minimum Gasteiger partial charge on any atom is -0.444 e. The summed E-state index contributed by atoms with van der Waals surface area (Å²) in [6.07, 6.45) is 1.36. The molecule has 1 amide bonds. The lowest BCUT2D eigenvalue weighted by atomic mass is 10.1. The van der Waals surface area contributed by atoms with E-state index in [9.17, 15) is 4.79 Å². The second-order valence-corrected chi connectivity index (χ2v) is 6.36. The zero-order valence-electron chi connectivity index (χ0n) is 12.4. The van der Waals surface area contributed by atoms with E-state index in [0.29, 0.717) is 11.6 Å². The molecule has 114 valence electrons. The van der Waals surface area contributed by atoms with E-state index in [1.807, 2.05) is 45.2 Å². The van der Waals surface area contributed by atoms with E-state index in [1.54, 1.807) is 0 Å². The second-order valence-electron chi connectivity index (χ2n) is 5.92. The number of aromatic amines is 1. The van der Waals surface area contributed by atoms with E-state index in [4.69, 9.17) is 22.1 Å². The normalized spacial score (nSPS) is 13.2. The van der Waals surface area contributed by atoms with Gasteiger partial charge in [-0.25, -0.2) is 4.79 Å². The van der Waals surface area contributed by atoms with Crippen molar-refractivity contribution in [3.05, 3.63) is 35.0 Å². The smallest absolute Gasteiger partial charge is 0.407 e. The summed E-state index contributed by atoms with van der Waals surface area (Å²) in [4.78, 5) is 14.8. The molecule has 5 nitrogen and oxygen atoms in total. The van der Waals surface area contributed by atoms with Gasteiger partial charge in [0.25, 0.3) is 0 Å². The maximum absolute atomic E-state index is 11.6. The molecule has 1 heterocycles. The van der Waals surface area contributed by atoms with Crippen LogP contribution < -0.4 is 11.1 Å². The molecule has 1 unspecified atom stereocenters. The standard InChI is InChI=1S/C15H20ClN3O2/c1-15(2,3)21-14(20)19-8-12(17)11-7-18-13-6-9(16)4-5-10(11)13/h4-7,12,18H,8,17H2,1-3H3,(H,19,20). The van der Waals surface area contributed by atoms with Gasteiger partial charge in [-0.3, -0.25) is 0 Å². The zero-order chi connectivity index (χ0) is 15.6. The molecule has 0 fully saturated rings. The van der Waals surface area contributed by atoms with Crippen LogP contribution in [0.3, 0.4) is 0 Å². The number of hydrogen-bond donors (Lipinski definition) is 3. The number of fused-ring (bicyclic) bond motifs is 1. The van der Waals surface area contributed by atoms with E-state index < -0.39 is 11.7 Å². The Balaban J connectivity index is 2.02. The van der Waals surface area contributed by atoms with Crippen molar-refractivity contribution < 1.29 is 9.53 Å². The van der Waals surface area contributed by atoms with Crippen LogP contribution in [0.15, 0.2) is 24.4 Å². The van der Waals surface area contributed by atoms with E-state index in [0.717, 1.165) is 16.5 Å². The topological polar surface area (TPSA) is 80.1 Å². The highest BCUT2D eigenvalue weighted by atomic mass is 35.5. The van der Waals surface area contributed by atoms with Gasteiger partial charge in [-0.2, -0.15) is 0 Å². The number of aromatic nitrogens is 1. The molecule has 0 aliphatic carbocycles. The van der Waals surface area contributed by atoms with E-state index in [2.05, 4.69) is 10.3 Å². The van der Waals surface area contributed by atoms with Crippen LogP contribution in [0.25, 0.3) is 10.9 Å². The predicted molar refractivity (Wildman–Crippen MR) is 84.5 cm³/mol. The van der Waals surface area contributed by atoms with E-state index in [1.165, 1.54) is 0 Å². The summed E-state index contributed by atoms with van der Waals surface area (Å²) in [7, 11) is 0. The van der Waals surface area contributed by atoms with Gasteiger partial charge in [-0.15, -0.1) is 0 Å². The predicted octanol–water partition coefficient (Wildman–Crippen LogP) is 3.35. The molecule has 0 spiro atoms. The van der Waals surface area contributed by atoms with Crippen LogP contribution in [0.4, 0.5) is 4.79 Å². The largest absolute Gasteiger partial charge is 0.444 e. The molecule has 1 aromatic carbocycles. The lowest BCUT2D eigenvalue weighted by Crippen LogP contribution is -2.36. The minimum atomic E-state index is -0.522. The molecule has 0 saturated carbocycles. The lowest BCUT2D eigenvalue weighted by Gasteiger charge is -2.20. The molecule has 1 aromatic heterocycles. The van der Waals surface area contributed by atoms with Crippen LogP contribution in [0.2, 0.25) is 5.02 Å². The molecule has 0 bridgehead atoms. The van der Waals surface area contributed by atoms with Crippen molar-refractivity contribution in [1.82, 2.24) is 10.3 Å². The van der Waals surface area contributed by atoms with Gasteiger partial charge in [0.2, 0.25) is 0 Å². The second kappa shape index (κ2) is 5.95. The molecule has 4 N–H and O–H groups in total. The van der Waals surface area contributed by atoms with Gasteiger partial charge in [-0.05, 0) is 38.5 Å². The molecule has 2 rings (SSSR count). The quantitative estimate of drug-likeness (QED) is 0.813. The first-order valence-electron chi connectivity index (χ1n) is 6.75. The fourth-order valence-electron chi connectivity index (χ4n) is 2.05. The third kappa shape index (κ3) is 4.12. The third-order valence-electron chi connectivity index (χ3n) is 2.94. The number of hydrogen-bond acceptors (Lipinski definition) is 3. The highest BCUT2D eigenvalue weighted by Crippen LogP contribution is 2.25. The number of ether oxygens (including phenoxy) is 1. The van der Waals surface area contributed by atoms with Crippen LogP contribution in [-0.2, 0) is 4.74 Å². The Morgan fingerprint density at radius 3 is 2.86 bits per heavy atom. The van der Waals surface area contributed by atoms with Crippen molar-refractivity contribution in [2.24, 2.45) is 5.73 Å². The number of amides is 1. The SMILES string of the molecule is CC(C)(C)OC(=O)NCC(N)c1c[nH]c2cc(Cl)ccc12. The first-order valence-corrected chi connectivity index (χ1v) is 7.13. The number of nitrogens with one attached hydrogen (secondary N) is 2. The van der Waals surface area contributed by atoms with Crippen LogP contribution in [-0.4, -0.2) is 23.2 Å². The fourth-order valence-corrected chi connectivity index (χ4v) is 2.22. The van der Waals surface area contributed by atoms with Crippen LogP contribution in [0.5, 0.6) is 0 Å². The number of carbonyl (C=O) groups excluding carboxylic acids is 1. The molecule has 0 aliphatic heterocycles. The van der Waals surface area contributed by atoms with Gasteiger partial charge in [0, 0.05) is 34.7 Å². The van der Waals surface area contributed by atoms with Crippen LogP contribution >= 0.6 is 11.6 Å². The minimum absolute atomic E-state index is 0.296. The summed E-state index contributed by atoms with van der Waals surface area (Å²) < 4.78 is 5.18. The lowest BCUT2D eigenvalue weighted by molar-refractivity contribution is 0.0524. The molecule has 0 radical (unpaired) electrons. The first kappa shape index (κ1) is 15.7. The average molecular weight is 310 g/mol. The van der Waals surface area contributed by atoms with Crippen molar-refractivity contribution in [2.45, 2.75) is 32.4 Å². The van der Waals surface area contributed by atoms with Gasteiger partial charge < -0.3 is 20.8 Å². The Hall–Kier alpha value is -1.72. The molecule has 2 aromatic rings. The number of nitrogens with two attached hydrogens (primary N) is 1. The van der Waals surface area contributed by atoms with E-state index >= 15 is 0 Å². The summed E-state index contributed by atoms with van der Waals surface area (Å²) >= 11 is 5.95. The molecule has 1 atom stereocenters. The Morgan fingerprint density at radius 2 is 2.19 bits per heavy atom. The Morgan fingerprint density at radius 1 is 1.48 bits per heavy atom. The van der Waals surface area contributed by atoms with Crippen molar-refractivity contribution >= 4 is 28.6 Å². The molecule has 0 saturated heterocycles. The van der Waals surface area contributed by atoms with Gasteiger partial charge in [0.15, 0.2) is 0 Å². The van der Waals surface area contributed by atoms with Crippen molar-refractivity contribution in [3.63, 3.8) is 0 Å². The summed E-state index contributed by atoms with van der Waals surface area (Å²) in [6, 6.07) is 5.24. The van der Waals surface area contributed by atoms with Crippen molar-refractivity contribution in [2.75, 3.05) is 6.54 Å². The van der Waals surface area contributed by atoms with Gasteiger partial charge >= 0.3 is 6.09 Å². The summed E-state index contributed by atoms with van der Waals surface area (Å²) in [5.74, 6) is 0. The van der Waals surface area contributed by atoms with Gasteiger partial charge in [-0.1, -0.05) is 17.7 Å². The molecule has 0 aliphatic rings. The monoisotopic (exact) mass is 309 g/mol. The third-order valence-corrected chi connectivity index (χ3v) is 3.18. The highest BCUT2D eigenvalue weighted by Gasteiger charge is 2.18. The summed E-state index contributed by atoms with van der Waals surface area (Å²) in [5.41, 5.74) is 7.46. The number of benzene rings is 1. The van der Waals surface area contributed by atoms with Crippen LogP contribution in [0.1, 0.15) is 32.4 Å². The van der Waals surface area contributed by atoms with Crippen molar-refractivity contribution in [1.29, 1.82) is 0 Å². The number of halogens is 1.